The number of para-hydroxylation sites is 1. The van der Waals surface area contributed by atoms with Gasteiger partial charge >= 0.3 is 0 Å². The van der Waals surface area contributed by atoms with Gasteiger partial charge in [0.2, 0.25) is 0 Å². The summed E-state index contributed by atoms with van der Waals surface area (Å²) in [5.41, 5.74) is 1.97. The van der Waals surface area contributed by atoms with Crippen LogP contribution in [0.4, 0.5) is 5.69 Å². The number of nitrogens with one attached hydrogen (secondary N) is 2. The molecule has 3 nitrogen and oxygen atoms in total. The number of aromatic amines is 1. The molecule has 100 valence electrons. The molecule has 3 rings (SSSR count). The summed E-state index contributed by atoms with van der Waals surface area (Å²) >= 11 is 8.47. The second kappa shape index (κ2) is 5.46. The summed E-state index contributed by atoms with van der Waals surface area (Å²) in [7, 11) is 0. The number of carbonyl (C=O) groups is 1. The molecule has 0 aliphatic heterocycles. The van der Waals surface area contributed by atoms with Crippen molar-refractivity contribution in [1.29, 1.82) is 0 Å². The highest BCUT2D eigenvalue weighted by Gasteiger charge is 2.16. The zero-order valence-corrected chi connectivity index (χ0v) is 13.2. The molecule has 0 unspecified atom stereocenters. The zero-order chi connectivity index (χ0) is 14.1. The van der Waals surface area contributed by atoms with E-state index in [9.17, 15) is 4.79 Å². The van der Waals surface area contributed by atoms with Gasteiger partial charge in [-0.2, -0.15) is 0 Å². The lowest BCUT2D eigenvalue weighted by atomic mass is 10.2. The average molecular weight is 397 g/mol. The zero-order valence-electron chi connectivity index (χ0n) is 10.3. The van der Waals surface area contributed by atoms with Crippen LogP contribution in [0.3, 0.4) is 0 Å². The number of carbonyl (C=O) groups excluding carboxylic acids is 1. The molecule has 2 N–H and O–H groups in total. The van der Waals surface area contributed by atoms with Gasteiger partial charge in [0.1, 0.15) is 5.69 Å². The number of rotatable bonds is 2. The van der Waals surface area contributed by atoms with E-state index < -0.39 is 0 Å². The number of benzene rings is 2. The Morgan fingerprint density at radius 3 is 2.50 bits per heavy atom. The van der Waals surface area contributed by atoms with Crippen molar-refractivity contribution >= 4 is 56.7 Å². The van der Waals surface area contributed by atoms with E-state index in [0.29, 0.717) is 10.7 Å². The summed E-state index contributed by atoms with van der Waals surface area (Å²) in [6, 6.07) is 15.1. The largest absolute Gasteiger partial charge is 0.349 e. The first-order chi connectivity index (χ1) is 9.65. The first-order valence-electron chi connectivity index (χ1n) is 5.98. The number of hydrogen-bond donors (Lipinski definition) is 2. The van der Waals surface area contributed by atoms with E-state index in [-0.39, 0.29) is 5.91 Å². The molecule has 0 radical (unpaired) electrons. The number of aromatic nitrogens is 1. The third-order valence-corrected chi connectivity index (χ3v) is 4.08. The van der Waals surface area contributed by atoms with Gasteiger partial charge in [-0.1, -0.05) is 29.8 Å². The fraction of sp³-hybridized carbons (Fsp3) is 0. The summed E-state index contributed by atoms with van der Waals surface area (Å²) in [6.45, 7) is 0. The second-order valence-corrected chi connectivity index (χ2v) is 5.94. The van der Waals surface area contributed by atoms with Crippen LogP contribution < -0.4 is 5.32 Å². The molecule has 0 spiro atoms. The van der Waals surface area contributed by atoms with E-state index in [0.717, 1.165) is 20.2 Å². The third-order valence-electron chi connectivity index (χ3n) is 2.97. The molecule has 0 aliphatic rings. The lowest BCUT2D eigenvalue weighted by Crippen LogP contribution is -2.12. The van der Waals surface area contributed by atoms with Gasteiger partial charge in [-0.3, -0.25) is 4.79 Å². The Morgan fingerprint density at radius 1 is 1.10 bits per heavy atom. The van der Waals surface area contributed by atoms with Crippen LogP contribution in [-0.2, 0) is 0 Å². The van der Waals surface area contributed by atoms with Crippen LogP contribution in [0.2, 0.25) is 5.02 Å². The van der Waals surface area contributed by atoms with E-state index in [1.165, 1.54) is 0 Å². The molecule has 0 atom stereocenters. The number of amides is 1. The fourth-order valence-electron chi connectivity index (χ4n) is 1.99. The first kappa shape index (κ1) is 13.5. The van der Waals surface area contributed by atoms with Gasteiger partial charge in [-0.25, -0.2) is 0 Å². The fourth-order valence-corrected chi connectivity index (χ4v) is 2.65. The third kappa shape index (κ3) is 2.53. The van der Waals surface area contributed by atoms with Crippen molar-refractivity contribution in [3.05, 3.63) is 62.8 Å². The van der Waals surface area contributed by atoms with Crippen LogP contribution >= 0.6 is 34.2 Å². The monoisotopic (exact) mass is 396 g/mol. The molecule has 1 amide bonds. The van der Waals surface area contributed by atoms with E-state index in [1.54, 1.807) is 0 Å². The van der Waals surface area contributed by atoms with Crippen LogP contribution in [0.1, 0.15) is 10.5 Å². The molecule has 0 bridgehead atoms. The minimum Gasteiger partial charge on any atom is -0.349 e. The van der Waals surface area contributed by atoms with Crippen LogP contribution in [0, 0.1) is 3.57 Å². The van der Waals surface area contributed by atoms with E-state index in [2.05, 4.69) is 32.9 Å². The van der Waals surface area contributed by atoms with Crippen LogP contribution in [-0.4, -0.2) is 10.9 Å². The molecular formula is C15H10ClIN2O. The molecule has 0 fully saturated rings. The summed E-state index contributed by atoms with van der Waals surface area (Å²) in [5, 5.41) is 4.13. The summed E-state index contributed by atoms with van der Waals surface area (Å²) in [5.74, 6) is -0.243. The van der Waals surface area contributed by atoms with Gasteiger partial charge in [-0.15, -0.1) is 0 Å². The molecule has 2 aromatic carbocycles. The van der Waals surface area contributed by atoms with Crippen molar-refractivity contribution in [3.8, 4) is 0 Å². The number of fused-ring (bicyclic) bond motifs is 1. The topological polar surface area (TPSA) is 44.9 Å². The van der Waals surface area contributed by atoms with Gasteiger partial charge in [-0.05, 0) is 52.9 Å². The van der Waals surface area contributed by atoms with Gasteiger partial charge in [0.25, 0.3) is 5.91 Å². The number of anilines is 1. The maximum absolute atomic E-state index is 12.3. The van der Waals surface area contributed by atoms with Crippen LogP contribution in [0.15, 0.2) is 48.5 Å². The second-order valence-electron chi connectivity index (χ2n) is 4.32. The molecule has 0 saturated heterocycles. The van der Waals surface area contributed by atoms with Gasteiger partial charge in [0, 0.05) is 20.2 Å². The highest BCUT2D eigenvalue weighted by atomic mass is 127. The molecule has 1 heterocycles. The number of H-pyrrole nitrogens is 1. The smallest absolute Gasteiger partial charge is 0.273 e. The van der Waals surface area contributed by atoms with E-state index in [1.807, 2.05) is 48.5 Å². The molecule has 3 aromatic rings. The highest BCUT2D eigenvalue weighted by Crippen LogP contribution is 2.27. The lowest BCUT2D eigenvalue weighted by Gasteiger charge is -2.04. The van der Waals surface area contributed by atoms with Crippen molar-refractivity contribution in [3.63, 3.8) is 0 Å². The first-order valence-corrected chi connectivity index (χ1v) is 7.44. The summed E-state index contributed by atoms with van der Waals surface area (Å²) in [4.78, 5) is 15.3. The van der Waals surface area contributed by atoms with Crippen molar-refractivity contribution in [1.82, 2.24) is 4.98 Å². The number of hydrogen-bond acceptors (Lipinski definition) is 1. The Morgan fingerprint density at radius 2 is 1.80 bits per heavy atom. The molecule has 5 heteroatoms. The number of halogens is 2. The predicted octanol–water partition coefficient (Wildman–Crippen LogP) is 4.68. The van der Waals surface area contributed by atoms with Crippen molar-refractivity contribution in [2.75, 3.05) is 5.32 Å². The molecule has 20 heavy (non-hydrogen) atoms. The predicted molar refractivity (Wildman–Crippen MR) is 90.4 cm³/mol. The highest BCUT2D eigenvalue weighted by molar-refractivity contribution is 14.1. The van der Waals surface area contributed by atoms with Crippen molar-refractivity contribution < 1.29 is 4.79 Å². The minimum atomic E-state index is -0.243. The lowest BCUT2D eigenvalue weighted by molar-refractivity contribution is 0.102. The maximum atomic E-state index is 12.3. The molecule has 1 aromatic heterocycles. The molecule has 0 aliphatic carbocycles. The Hall–Kier alpha value is -1.53. The average Bonchev–Trinajstić information content (AvgIpc) is 2.79. The van der Waals surface area contributed by atoms with Crippen LogP contribution in [0.25, 0.3) is 10.9 Å². The Labute approximate surface area is 134 Å². The quantitative estimate of drug-likeness (QED) is 0.607. The maximum Gasteiger partial charge on any atom is 0.273 e. The Bertz CT molecular complexity index is 780. The van der Waals surface area contributed by atoms with Crippen molar-refractivity contribution in [2.24, 2.45) is 0 Å². The molecular weight excluding hydrogens is 387 g/mol. The minimum absolute atomic E-state index is 0.243. The Balaban J connectivity index is 1.92. The molecule has 0 saturated carbocycles. The summed E-state index contributed by atoms with van der Waals surface area (Å²) in [6.07, 6.45) is 0. The van der Waals surface area contributed by atoms with Crippen LogP contribution in [0.5, 0.6) is 0 Å². The van der Waals surface area contributed by atoms with E-state index in [4.69, 9.17) is 11.6 Å². The SMILES string of the molecule is O=C(Nc1ccc(I)cc1)c1[nH]c2ccccc2c1Cl. The van der Waals surface area contributed by atoms with Gasteiger partial charge in [0.05, 0.1) is 5.02 Å². The standard InChI is InChI=1S/C15H10ClIN2O/c16-13-11-3-1-2-4-12(11)19-14(13)15(20)18-10-7-5-9(17)6-8-10/h1-8,19H,(H,18,20). The normalized spacial score (nSPS) is 10.7. The van der Waals surface area contributed by atoms with Gasteiger partial charge < -0.3 is 10.3 Å². The van der Waals surface area contributed by atoms with Gasteiger partial charge in [0.15, 0.2) is 0 Å². The summed E-state index contributed by atoms with van der Waals surface area (Å²) < 4.78 is 1.12. The Kier molecular flexibility index (Phi) is 3.67. The van der Waals surface area contributed by atoms with Crippen molar-refractivity contribution in [2.45, 2.75) is 0 Å². The van der Waals surface area contributed by atoms with E-state index >= 15 is 0 Å².